The van der Waals surface area contributed by atoms with Crippen LogP contribution in [-0.2, 0) is 32.6 Å². The minimum Gasteiger partial charge on any atom is -0.485 e. The Labute approximate surface area is 240 Å². The van der Waals surface area contributed by atoms with Crippen LogP contribution < -0.4 is 15.0 Å². The maximum atomic E-state index is 14.2. The van der Waals surface area contributed by atoms with Crippen molar-refractivity contribution in [3.63, 3.8) is 0 Å². The van der Waals surface area contributed by atoms with Crippen LogP contribution in [0.3, 0.4) is 0 Å². The molecule has 3 aromatic heterocycles. The highest BCUT2D eigenvalue weighted by molar-refractivity contribution is 5.91. The number of pyridine rings is 1. The molecule has 6 rings (SSSR count). The Morgan fingerprint density at radius 2 is 1.43 bits per heavy atom. The van der Waals surface area contributed by atoms with Crippen molar-refractivity contribution in [3.8, 4) is 11.5 Å². The Balaban J connectivity index is 1.45. The number of aromatic amines is 2. The molecule has 42 heavy (non-hydrogen) atoms. The van der Waals surface area contributed by atoms with Crippen LogP contribution in [0.15, 0.2) is 77.6 Å². The summed E-state index contributed by atoms with van der Waals surface area (Å²) in [5.41, 5.74) is 4.55. The highest BCUT2D eigenvalue weighted by Crippen LogP contribution is 2.35. The monoisotopic (exact) mass is 563 g/mol. The number of ether oxygens (including phenoxy) is 2. The summed E-state index contributed by atoms with van der Waals surface area (Å²) in [4.78, 5) is 14.2. The Bertz CT molecular complexity index is 1810. The minimum atomic E-state index is -0.0312. The highest BCUT2D eigenvalue weighted by atomic mass is 16.5. The predicted molar refractivity (Wildman–Crippen MR) is 154 cm³/mol. The van der Waals surface area contributed by atoms with Crippen molar-refractivity contribution in [3.05, 3.63) is 117 Å². The van der Waals surface area contributed by atoms with Gasteiger partial charge in [-0.15, -0.1) is 20.4 Å². The third-order valence-electron chi connectivity index (χ3n) is 7.10. The third kappa shape index (κ3) is 6.02. The second kappa shape index (κ2) is 12.4. The Kier molecular flexibility index (Phi) is 7.93. The fraction of sp³-hybridized carbons (Fsp3) is 0.233. The van der Waals surface area contributed by atoms with Gasteiger partial charge in [0, 0.05) is 23.1 Å². The van der Waals surface area contributed by atoms with E-state index in [0.717, 1.165) is 34.9 Å². The van der Waals surface area contributed by atoms with Gasteiger partial charge in [-0.1, -0.05) is 71.1 Å². The third-order valence-corrected chi connectivity index (χ3v) is 7.10. The summed E-state index contributed by atoms with van der Waals surface area (Å²) in [5.74, 6) is 1.84. The number of tetrazole rings is 2. The maximum Gasteiger partial charge on any atom is 0.254 e. The van der Waals surface area contributed by atoms with E-state index in [0.29, 0.717) is 41.6 Å². The van der Waals surface area contributed by atoms with E-state index in [1.54, 1.807) is 10.6 Å². The van der Waals surface area contributed by atoms with Gasteiger partial charge < -0.3 is 14.0 Å². The molecular formula is C30H29N9O3. The van der Waals surface area contributed by atoms with E-state index in [4.69, 9.17) is 9.47 Å². The molecule has 212 valence electrons. The zero-order valence-corrected chi connectivity index (χ0v) is 23.0. The van der Waals surface area contributed by atoms with Gasteiger partial charge in [0.1, 0.15) is 11.5 Å². The molecule has 0 aliphatic rings. The Hall–Kier alpha value is -5.39. The largest absolute Gasteiger partial charge is 0.485 e. The quantitative estimate of drug-likeness (QED) is 0.227. The molecule has 3 aromatic carbocycles. The number of rotatable bonds is 12. The van der Waals surface area contributed by atoms with Gasteiger partial charge in [0.25, 0.3) is 5.56 Å². The number of hydrogen-bond acceptors (Lipinski definition) is 9. The average molecular weight is 564 g/mol. The molecule has 3 heterocycles. The molecule has 0 aliphatic carbocycles. The van der Waals surface area contributed by atoms with Gasteiger partial charge in [-0.25, -0.2) is 0 Å². The number of H-pyrrole nitrogens is 2. The van der Waals surface area contributed by atoms with Crippen LogP contribution in [0.2, 0.25) is 0 Å². The van der Waals surface area contributed by atoms with E-state index < -0.39 is 0 Å². The first kappa shape index (κ1) is 26.8. The van der Waals surface area contributed by atoms with E-state index in [-0.39, 0.29) is 18.8 Å². The molecule has 6 aromatic rings. The molecule has 0 aliphatic heterocycles. The van der Waals surface area contributed by atoms with Crippen LogP contribution in [-0.4, -0.2) is 45.8 Å². The van der Waals surface area contributed by atoms with Crippen molar-refractivity contribution < 1.29 is 9.47 Å². The lowest BCUT2D eigenvalue weighted by Crippen LogP contribution is -2.26. The van der Waals surface area contributed by atoms with Crippen LogP contribution in [0.25, 0.3) is 10.9 Å². The second-order valence-electron chi connectivity index (χ2n) is 9.87. The first-order valence-corrected chi connectivity index (χ1v) is 13.6. The van der Waals surface area contributed by atoms with Crippen LogP contribution >= 0.6 is 0 Å². The zero-order chi connectivity index (χ0) is 28.7. The van der Waals surface area contributed by atoms with Gasteiger partial charge in [0.05, 0.1) is 12.1 Å². The number of aryl methyl sites for hydroxylation is 2. The molecule has 0 amide bonds. The molecule has 12 heteroatoms. The van der Waals surface area contributed by atoms with Gasteiger partial charge in [-0.2, -0.15) is 10.4 Å². The van der Waals surface area contributed by atoms with Gasteiger partial charge in [0.2, 0.25) is 11.6 Å². The lowest BCUT2D eigenvalue weighted by atomic mass is 9.97. The standard InChI is InChI=1S/C30H29N9O3/c1-20-24(14-8-13-21-9-4-2-5-10-21)30(40)39(17-22-11-6-3-7-12-22)25-15-23(41-18-27-31-35-36-32-27)16-26(29(20)25)42-19-28-33-37-38-34-28/h2-7,9-12,15-16H,8,13-14,17-19H2,1H3,(H,31,32,35,36)(H,33,34,37,38). The molecule has 0 saturated carbocycles. The molecule has 12 nitrogen and oxygen atoms in total. The summed E-state index contributed by atoms with van der Waals surface area (Å²) < 4.78 is 14.1. The molecule has 0 unspecified atom stereocenters. The molecule has 0 spiro atoms. The van der Waals surface area contributed by atoms with Crippen molar-refractivity contribution in [1.82, 2.24) is 45.8 Å². The van der Waals surface area contributed by atoms with Gasteiger partial charge in [0.15, 0.2) is 13.2 Å². The molecular weight excluding hydrogens is 534 g/mol. The summed E-state index contributed by atoms with van der Waals surface area (Å²) in [5, 5.41) is 28.9. The fourth-order valence-corrected chi connectivity index (χ4v) is 5.06. The summed E-state index contributed by atoms with van der Waals surface area (Å²) in [7, 11) is 0. The van der Waals surface area contributed by atoms with E-state index in [1.807, 2.05) is 61.5 Å². The average Bonchev–Trinajstić information content (AvgIpc) is 3.75. The number of fused-ring (bicyclic) bond motifs is 1. The van der Waals surface area contributed by atoms with Crippen LogP contribution in [0.5, 0.6) is 11.5 Å². The van der Waals surface area contributed by atoms with Crippen molar-refractivity contribution in [2.75, 3.05) is 0 Å². The molecule has 0 saturated heterocycles. The minimum absolute atomic E-state index is 0.0312. The second-order valence-corrected chi connectivity index (χ2v) is 9.87. The summed E-state index contributed by atoms with van der Waals surface area (Å²) in [6, 6.07) is 23.9. The topological polar surface area (TPSA) is 149 Å². The summed E-state index contributed by atoms with van der Waals surface area (Å²) >= 11 is 0. The van der Waals surface area contributed by atoms with Crippen molar-refractivity contribution in [1.29, 1.82) is 0 Å². The van der Waals surface area contributed by atoms with E-state index >= 15 is 0 Å². The lowest BCUT2D eigenvalue weighted by molar-refractivity contribution is 0.282. The number of hydrogen-bond donors (Lipinski definition) is 2. The summed E-state index contributed by atoms with van der Waals surface area (Å²) in [6.45, 7) is 2.54. The molecule has 0 radical (unpaired) electrons. The fourth-order valence-electron chi connectivity index (χ4n) is 5.06. The SMILES string of the molecule is Cc1c(CCCc2ccccc2)c(=O)n(Cc2ccccc2)c2cc(OCc3nn[nH]n3)cc(OCc3nn[nH]n3)c12. The van der Waals surface area contributed by atoms with E-state index in [1.165, 1.54) is 5.56 Å². The van der Waals surface area contributed by atoms with E-state index in [9.17, 15) is 4.79 Å². The van der Waals surface area contributed by atoms with Gasteiger partial charge in [-0.3, -0.25) is 4.79 Å². The highest BCUT2D eigenvalue weighted by Gasteiger charge is 2.20. The number of nitrogens with one attached hydrogen (secondary N) is 2. The van der Waals surface area contributed by atoms with Crippen LogP contribution in [0.4, 0.5) is 0 Å². The Morgan fingerprint density at radius 1 is 0.786 bits per heavy atom. The molecule has 0 bridgehead atoms. The number of aromatic nitrogens is 9. The predicted octanol–water partition coefficient (Wildman–Crippen LogP) is 3.72. The lowest BCUT2D eigenvalue weighted by Gasteiger charge is -2.20. The summed E-state index contributed by atoms with van der Waals surface area (Å²) in [6.07, 6.45) is 2.34. The van der Waals surface area contributed by atoms with Crippen molar-refractivity contribution >= 4 is 10.9 Å². The van der Waals surface area contributed by atoms with Crippen LogP contribution in [0.1, 0.15) is 40.3 Å². The smallest absolute Gasteiger partial charge is 0.254 e. The molecule has 0 fully saturated rings. The maximum absolute atomic E-state index is 14.2. The van der Waals surface area contributed by atoms with E-state index in [2.05, 4.69) is 53.4 Å². The van der Waals surface area contributed by atoms with Crippen molar-refractivity contribution in [2.45, 2.75) is 45.9 Å². The zero-order valence-electron chi connectivity index (χ0n) is 23.0. The van der Waals surface area contributed by atoms with Crippen LogP contribution in [0, 0.1) is 6.92 Å². The molecule has 0 atom stereocenters. The number of nitrogens with zero attached hydrogens (tertiary/aromatic N) is 7. The van der Waals surface area contributed by atoms with Gasteiger partial charge in [-0.05, 0) is 42.9 Å². The Morgan fingerprint density at radius 3 is 2.07 bits per heavy atom. The number of benzene rings is 3. The molecule has 2 N–H and O–H groups in total. The van der Waals surface area contributed by atoms with Gasteiger partial charge >= 0.3 is 0 Å². The first-order chi connectivity index (χ1) is 20.7. The van der Waals surface area contributed by atoms with Crippen molar-refractivity contribution in [2.24, 2.45) is 0 Å². The first-order valence-electron chi connectivity index (χ1n) is 13.6. The normalized spacial score (nSPS) is 11.2.